The molecule has 0 aliphatic carbocycles. The molecule has 47 heavy (non-hydrogen) atoms. The smallest absolute Gasteiger partial charge is 0.338 e. The van der Waals surface area contributed by atoms with Gasteiger partial charge in [0, 0.05) is 39.8 Å². The molecule has 0 N–H and O–H groups in total. The molecule has 0 bridgehead atoms. The zero-order valence-corrected chi connectivity index (χ0v) is 26.8. The number of hydrogen-bond donors (Lipinski definition) is 0. The number of para-hydroxylation sites is 1. The lowest BCUT2D eigenvalue weighted by molar-refractivity contribution is -0.138. The summed E-state index contributed by atoms with van der Waals surface area (Å²) in [5.41, 5.74) is 5.53. The van der Waals surface area contributed by atoms with Crippen LogP contribution in [0.4, 0.5) is 0 Å². The molecule has 0 saturated carbocycles. The van der Waals surface area contributed by atoms with Gasteiger partial charge in [-0.3, -0.25) is 9.36 Å². The van der Waals surface area contributed by atoms with E-state index in [1.54, 1.807) is 23.6 Å². The summed E-state index contributed by atoms with van der Waals surface area (Å²) >= 11 is 7.54. The van der Waals surface area contributed by atoms with Crippen LogP contribution in [0.1, 0.15) is 40.8 Å². The number of aromatic nitrogens is 2. The number of halogens is 1. The summed E-state index contributed by atoms with van der Waals surface area (Å²) in [5.74, 6) is -0.532. The van der Waals surface area contributed by atoms with Gasteiger partial charge in [-0.05, 0) is 54.5 Å². The molecule has 0 spiro atoms. The number of carbonyl (C=O) groups is 1. The Bertz CT molecular complexity index is 2400. The van der Waals surface area contributed by atoms with Gasteiger partial charge in [-0.1, -0.05) is 95.7 Å². The van der Waals surface area contributed by atoms with E-state index in [-0.39, 0.29) is 12.2 Å². The molecule has 7 nitrogen and oxygen atoms in total. The largest absolute Gasteiger partial charge is 0.463 e. The van der Waals surface area contributed by atoms with Gasteiger partial charge in [0.1, 0.15) is 0 Å². The number of ether oxygens (including phenoxy) is 1. The van der Waals surface area contributed by atoms with E-state index >= 15 is 0 Å². The molecule has 4 aromatic carbocycles. The molecular weight excluding hydrogens is 628 g/mol. The van der Waals surface area contributed by atoms with Crippen LogP contribution in [0.2, 0.25) is 5.02 Å². The molecular formula is C38H27ClN4O3S. The standard InChI is InChI=1S/C38H27ClN4O3S/c1-2-46-37(45)33-34(26-8-4-3-5-9-26)41-38-43(35(33)27-16-18-29(39)19-17-27)36(44)32(47-38)20-28-23-42(31-11-7-6-10-30(28)31)22-25-14-12-24(21-40)13-15-25/h3-20,23,35H,2,22H2,1H3/b32-20-/t35-/m1/s1. The second-order valence-corrected chi connectivity index (χ2v) is 12.5. The van der Waals surface area contributed by atoms with Gasteiger partial charge in [0.25, 0.3) is 5.56 Å². The van der Waals surface area contributed by atoms with E-state index in [4.69, 9.17) is 21.3 Å². The summed E-state index contributed by atoms with van der Waals surface area (Å²) in [6, 6.07) is 33.6. The van der Waals surface area contributed by atoms with Crippen molar-refractivity contribution in [2.24, 2.45) is 4.99 Å². The van der Waals surface area contributed by atoms with Gasteiger partial charge < -0.3 is 9.30 Å². The van der Waals surface area contributed by atoms with Gasteiger partial charge in [-0.25, -0.2) is 9.79 Å². The van der Waals surface area contributed by atoms with E-state index in [9.17, 15) is 14.9 Å². The van der Waals surface area contributed by atoms with Gasteiger partial charge in [-0.2, -0.15) is 5.26 Å². The van der Waals surface area contributed by atoms with E-state index in [0.717, 1.165) is 27.6 Å². The molecule has 0 amide bonds. The number of esters is 1. The van der Waals surface area contributed by atoms with Crippen LogP contribution in [-0.4, -0.2) is 21.7 Å². The molecule has 0 unspecified atom stereocenters. The summed E-state index contributed by atoms with van der Waals surface area (Å²) in [6.45, 7) is 2.53. The molecule has 3 heterocycles. The zero-order valence-electron chi connectivity index (χ0n) is 25.3. The third-order valence-corrected chi connectivity index (χ3v) is 9.34. The number of thiazole rings is 1. The summed E-state index contributed by atoms with van der Waals surface area (Å²) in [4.78, 5) is 33.5. The molecule has 9 heteroatoms. The molecule has 0 radical (unpaired) electrons. The maximum Gasteiger partial charge on any atom is 0.338 e. The van der Waals surface area contributed by atoms with Crippen molar-refractivity contribution in [3.05, 3.63) is 167 Å². The molecule has 2 aromatic heterocycles. The monoisotopic (exact) mass is 654 g/mol. The van der Waals surface area contributed by atoms with Crippen LogP contribution in [-0.2, 0) is 16.1 Å². The first-order valence-electron chi connectivity index (χ1n) is 15.1. The predicted octanol–water partition coefficient (Wildman–Crippen LogP) is 6.46. The predicted molar refractivity (Wildman–Crippen MR) is 185 cm³/mol. The maximum absolute atomic E-state index is 14.4. The Hall–Kier alpha value is -5.49. The number of nitrogens with zero attached hydrogens (tertiary/aromatic N) is 4. The summed E-state index contributed by atoms with van der Waals surface area (Å²) < 4.78 is 9.78. The third kappa shape index (κ3) is 5.72. The minimum absolute atomic E-state index is 0.175. The Balaban J connectivity index is 1.43. The molecule has 1 aliphatic rings. The average Bonchev–Trinajstić information content (AvgIpc) is 3.61. The number of rotatable bonds is 7. The Kier molecular flexibility index (Phi) is 8.17. The Morgan fingerprint density at radius 1 is 1.00 bits per heavy atom. The second-order valence-electron chi connectivity index (χ2n) is 11.0. The normalized spacial score (nSPS) is 14.5. The van der Waals surface area contributed by atoms with E-state index in [2.05, 4.69) is 16.7 Å². The molecule has 0 fully saturated rings. The van der Waals surface area contributed by atoms with Crippen LogP contribution in [0.15, 0.2) is 125 Å². The first-order valence-corrected chi connectivity index (χ1v) is 16.3. The van der Waals surface area contributed by atoms with Gasteiger partial charge >= 0.3 is 5.97 Å². The summed E-state index contributed by atoms with van der Waals surface area (Å²) in [7, 11) is 0. The summed E-state index contributed by atoms with van der Waals surface area (Å²) in [5, 5.41) is 10.7. The van der Waals surface area contributed by atoms with Crippen molar-refractivity contribution in [2.75, 3.05) is 6.61 Å². The van der Waals surface area contributed by atoms with Crippen molar-refractivity contribution >= 4 is 51.6 Å². The van der Waals surface area contributed by atoms with Crippen LogP contribution in [0.3, 0.4) is 0 Å². The fourth-order valence-electron chi connectivity index (χ4n) is 5.94. The highest BCUT2D eigenvalue weighted by Gasteiger charge is 2.35. The lowest BCUT2D eigenvalue weighted by atomic mass is 9.93. The number of carbonyl (C=O) groups excluding carboxylic acids is 1. The van der Waals surface area contributed by atoms with Crippen molar-refractivity contribution in [1.29, 1.82) is 5.26 Å². The van der Waals surface area contributed by atoms with Crippen molar-refractivity contribution in [2.45, 2.75) is 19.5 Å². The van der Waals surface area contributed by atoms with Crippen molar-refractivity contribution in [3.8, 4) is 6.07 Å². The van der Waals surface area contributed by atoms with Crippen LogP contribution in [0.25, 0.3) is 22.7 Å². The first-order chi connectivity index (χ1) is 22.9. The SMILES string of the molecule is CCOC(=O)C1=C(c2ccccc2)N=c2s/c(=C\c3cn(Cc4ccc(C#N)cc4)c4ccccc34)c(=O)n2[C@@H]1c1ccc(Cl)cc1. The number of benzene rings is 4. The topological polar surface area (TPSA) is 89.4 Å². The van der Waals surface area contributed by atoms with Crippen LogP contribution >= 0.6 is 22.9 Å². The number of hydrogen-bond acceptors (Lipinski definition) is 6. The number of fused-ring (bicyclic) bond motifs is 2. The average molecular weight is 655 g/mol. The zero-order chi connectivity index (χ0) is 32.5. The van der Waals surface area contributed by atoms with Crippen molar-refractivity contribution in [3.63, 3.8) is 0 Å². The second kappa shape index (κ2) is 12.7. The minimum Gasteiger partial charge on any atom is -0.463 e. The van der Waals surface area contributed by atoms with Gasteiger partial charge in [-0.15, -0.1) is 0 Å². The maximum atomic E-state index is 14.4. The van der Waals surface area contributed by atoms with Gasteiger partial charge in [0.2, 0.25) is 0 Å². The Morgan fingerprint density at radius 2 is 1.72 bits per heavy atom. The van der Waals surface area contributed by atoms with E-state index in [1.807, 2.05) is 97.2 Å². The van der Waals surface area contributed by atoms with Crippen LogP contribution < -0.4 is 14.9 Å². The van der Waals surface area contributed by atoms with Crippen molar-refractivity contribution in [1.82, 2.24) is 9.13 Å². The Labute approximate surface area is 279 Å². The van der Waals surface area contributed by atoms with Crippen LogP contribution in [0, 0.1) is 11.3 Å². The fraction of sp³-hybridized carbons (Fsp3) is 0.105. The highest BCUT2D eigenvalue weighted by atomic mass is 35.5. The molecule has 230 valence electrons. The fourth-order valence-corrected chi connectivity index (χ4v) is 7.06. The quantitative estimate of drug-likeness (QED) is 0.185. The lowest BCUT2D eigenvalue weighted by Crippen LogP contribution is -2.40. The van der Waals surface area contributed by atoms with E-state index < -0.39 is 12.0 Å². The highest BCUT2D eigenvalue weighted by Crippen LogP contribution is 2.35. The highest BCUT2D eigenvalue weighted by molar-refractivity contribution is 7.07. The van der Waals surface area contributed by atoms with E-state index in [1.165, 1.54) is 11.3 Å². The third-order valence-electron chi connectivity index (χ3n) is 8.10. The molecule has 0 saturated heterocycles. The molecule has 6 aromatic rings. The lowest BCUT2D eigenvalue weighted by Gasteiger charge is -2.25. The molecule has 7 rings (SSSR count). The van der Waals surface area contributed by atoms with Gasteiger partial charge in [0.05, 0.1) is 40.1 Å². The molecule has 1 atom stereocenters. The van der Waals surface area contributed by atoms with E-state index in [0.29, 0.717) is 43.3 Å². The van der Waals surface area contributed by atoms with Crippen molar-refractivity contribution < 1.29 is 9.53 Å². The minimum atomic E-state index is -0.780. The molecule has 1 aliphatic heterocycles. The first kappa shape index (κ1) is 30.2. The van der Waals surface area contributed by atoms with Gasteiger partial charge in [0.15, 0.2) is 4.80 Å². The van der Waals surface area contributed by atoms with Crippen LogP contribution in [0.5, 0.6) is 0 Å². The number of nitriles is 1. The Morgan fingerprint density at radius 3 is 2.45 bits per heavy atom. The summed E-state index contributed by atoms with van der Waals surface area (Å²) in [6.07, 6.45) is 3.94.